The Labute approximate surface area is 96.1 Å². The highest BCUT2D eigenvalue weighted by molar-refractivity contribution is 5.29. The van der Waals surface area contributed by atoms with Crippen LogP contribution in [0.2, 0.25) is 0 Å². The first-order chi connectivity index (χ1) is 7.63. The van der Waals surface area contributed by atoms with Crippen LogP contribution in [-0.2, 0) is 6.54 Å². The van der Waals surface area contributed by atoms with Crippen molar-refractivity contribution in [3.63, 3.8) is 0 Å². The van der Waals surface area contributed by atoms with E-state index in [9.17, 15) is 5.11 Å². The van der Waals surface area contributed by atoms with Crippen molar-refractivity contribution in [3.8, 4) is 0 Å². The fraction of sp³-hybridized carbons (Fsp3) is 0.583. The molecule has 1 fully saturated rings. The lowest BCUT2D eigenvalue weighted by Gasteiger charge is -2.34. The first kappa shape index (κ1) is 11.4. The number of aromatic nitrogens is 1. The molecule has 4 nitrogen and oxygen atoms in total. The van der Waals surface area contributed by atoms with Crippen molar-refractivity contribution in [1.82, 2.24) is 9.88 Å². The van der Waals surface area contributed by atoms with Crippen LogP contribution in [0, 0.1) is 5.92 Å². The van der Waals surface area contributed by atoms with Gasteiger partial charge in [0.05, 0.1) is 6.10 Å². The number of hydrogen-bond donors (Lipinski definition) is 2. The fourth-order valence-electron chi connectivity index (χ4n) is 2.20. The van der Waals surface area contributed by atoms with E-state index in [2.05, 4.69) is 16.9 Å². The van der Waals surface area contributed by atoms with E-state index in [1.165, 1.54) is 5.56 Å². The zero-order chi connectivity index (χ0) is 11.5. The fourth-order valence-corrected chi connectivity index (χ4v) is 2.20. The van der Waals surface area contributed by atoms with Crippen LogP contribution in [-0.4, -0.2) is 34.7 Å². The molecule has 0 spiro atoms. The molecule has 1 saturated carbocycles. The van der Waals surface area contributed by atoms with Gasteiger partial charge < -0.3 is 15.7 Å². The Morgan fingerprint density at radius 2 is 2.25 bits per heavy atom. The van der Waals surface area contributed by atoms with Crippen LogP contribution in [0.4, 0.5) is 5.82 Å². The summed E-state index contributed by atoms with van der Waals surface area (Å²) in [6, 6.07) is 3.84. The Morgan fingerprint density at radius 1 is 1.50 bits per heavy atom. The van der Waals surface area contributed by atoms with Gasteiger partial charge in [-0.3, -0.25) is 0 Å². The second-order valence-electron chi connectivity index (χ2n) is 4.78. The molecule has 16 heavy (non-hydrogen) atoms. The maximum atomic E-state index is 9.21. The molecule has 88 valence electrons. The molecule has 0 saturated heterocycles. The summed E-state index contributed by atoms with van der Waals surface area (Å²) in [4.78, 5) is 6.34. The summed E-state index contributed by atoms with van der Waals surface area (Å²) in [5, 5.41) is 9.21. The van der Waals surface area contributed by atoms with Crippen LogP contribution in [0.25, 0.3) is 0 Å². The number of nitrogen functional groups attached to an aromatic ring is 1. The van der Waals surface area contributed by atoms with Crippen LogP contribution in [0.5, 0.6) is 0 Å². The number of aliphatic hydroxyl groups excluding tert-OH is 1. The van der Waals surface area contributed by atoms with Gasteiger partial charge in [0.2, 0.25) is 0 Å². The van der Waals surface area contributed by atoms with E-state index in [4.69, 9.17) is 5.73 Å². The monoisotopic (exact) mass is 221 g/mol. The predicted molar refractivity (Wildman–Crippen MR) is 63.7 cm³/mol. The lowest BCUT2D eigenvalue weighted by Crippen LogP contribution is -2.36. The maximum absolute atomic E-state index is 9.21. The molecule has 0 radical (unpaired) electrons. The second kappa shape index (κ2) is 4.80. The molecule has 0 aromatic carbocycles. The third-order valence-electron chi connectivity index (χ3n) is 3.08. The van der Waals surface area contributed by atoms with Gasteiger partial charge in [-0.2, -0.15) is 0 Å². The first-order valence-electron chi connectivity index (χ1n) is 5.70. The lowest BCUT2D eigenvalue weighted by atomic mass is 9.82. The van der Waals surface area contributed by atoms with Crippen molar-refractivity contribution in [2.45, 2.75) is 25.5 Å². The van der Waals surface area contributed by atoms with Gasteiger partial charge in [-0.05, 0) is 37.4 Å². The second-order valence-corrected chi connectivity index (χ2v) is 4.78. The van der Waals surface area contributed by atoms with Crippen molar-refractivity contribution < 1.29 is 5.11 Å². The number of nitrogens with zero attached hydrogens (tertiary/aromatic N) is 2. The molecule has 0 amide bonds. The third-order valence-corrected chi connectivity index (χ3v) is 3.08. The standard InChI is InChI=1S/C12H19N3O/c1-15(8-10-4-11(16)5-10)7-9-2-3-12(13)14-6-9/h2-3,6,10-11,16H,4-5,7-8H2,1H3,(H2,13,14). The van der Waals surface area contributed by atoms with Gasteiger partial charge in [-0.25, -0.2) is 4.98 Å². The largest absolute Gasteiger partial charge is 0.393 e. The SMILES string of the molecule is CN(Cc1ccc(N)nc1)CC1CC(O)C1. The van der Waals surface area contributed by atoms with E-state index < -0.39 is 0 Å². The summed E-state index contributed by atoms with van der Waals surface area (Å²) in [7, 11) is 2.10. The molecule has 1 aromatic heterocycles. The van der Waals surface area contributed by atoms with E-state index in [1.807, 2.05) is 18.3 Å². The zero-order valence-electron chi connectivity index (χ0n) is 9.63. The molecule has 0 aliphatic heterocycles. The maximum Gasteiger partial charge on any atom is 0.123 e. The van der Waals surface area contributed by atoms with E-state index in [0.29, 0.717) is 11.7 Å². The van der Waals surface area contributed by atoms with Crippen LogP contribution in [0.15, 0.2) is 18.3 Å². The third kappa shape index (κ3) is 2.93. The minimum absolute atomic E-state index is 0.0587. The summed E-state index contributed by atoms with van der Waals surface area (Å²) in [6.07, 6.45) is 3.66. The van der Waals surface area contributed by atoms with Crippen molar-refractivity contribution in [1.29, 1.82) is 0 Å². The summed E-state index contributed by atoms with van der Waals surface area (Å²) >= 11 is 0. The van der Waals surface area contributed by atoms with E-state index in [0.717, 1.165) is 25.9 Å². The van der Waals surface area contributed by atoms with Crippen LogP contribution < -0.4 is 5.73 Å². The minimum Gasteiger partial charge on any atom is -0.393 e. The summed E-state index contributed by atoms with van der Waals surface area (Å²) in [5.74, 6) is 1.22. The quantitative estimate of drug-likeness (QED) is 0.792. The topological polar surface area (TPSA) is 62.4 Å². The van der Waals surface area contributed by atoms with Gasteiger partial charge in [0, 0.05) is 19.3 Å². The molecule has 4 heteroatoms. The molecule has 0 bridgehead atoms. The molecule has 2 rings (SSSR count). The highest BCUT2D eigenvalue weighted by Crippen LogP contribution is 2.27. The van der Waals surface area contributed by atoms with Crippen molar-refractivity contribution in [2.24, 2.45) is 5.92 Å². The van der Waals surface area contributed by atoms with Crippen molar-refractivity contribution in [3.05, 3.63) is 23.9 Å². The zero-order valence-corrected chi connectivity index (χ0v) is 9.63. The van der Waals surface area contributed by atoms with Gasteiger partial charge in [-0.1, -0.05) is 6.07 Å². The summed E-state index contributed by atoms with van der Waals surface area (Å²) in [5.41, 5.74) is 6.71. The Kier molecular flexibility index (Phi) is 3.41. The van der Waals surface area contributed by atoms with Gasteiger partial charge in [-0.15, -0.1) is 0 Å². The Hall–Kier alpha value is -1.13. The van der Waals surface area contributed by atoms with Crippen LogP contribution in [0.3, 0.4) is 0 Å². The minimum atomic E-state index is -0.0587. The first-order valence-corrected chi connectivity index (χ1v) is 5.70. The lowest BCUT2D eigenvalue weighted by molar-refractivity contribution is 0.0274. The highest BCUT2D eigenvalue weighted by Gasteiger charge is 2.27. The number of nitrogens with two attached hydrogens (primary N) is 1. The smallest absolute Gasteiger partial charge is 0.123 e. The molecule has 0 unspecified atom stereocenters. The number of rotatable bonds is 4. The van der Waals surface area contributed by atoms with Gasteiger partial charge >= 0.3 is 0 Å². The van der Waals surface area contributed by atoms with Crippen LogP contribution in [0.1, 0.15) is 18.4 Å². The molecule has 1 aliphatic rings. The molecule has 3 N–H and O–H groups in total. The number of anilines is 1. The molecule has 1 aromatic rings. The number of aliphatic hydroxyl groups is 1. The summed E-state index contributed by atoms with van der Waals surface area (Å²) < 4.78 is 0. The number of pyridine rings is 1. The van der Waals surface area contributed by atoms with E-state index in [-0.39, 0.29) is 6.10 Å². The van der Waals surface area contributed by atoms with Gasteiger partial charge in [0.25, 0.3) is 0 Å². The van der Waals surface area contributed by atoms with Gasteiger partial charge in [0.1, 0.15) is 5.82 Å². The molecular formula is C12H19N3O. The number of hydrogen-bond acceptors (Lipinski definition) is 4. The Balaban J connectivity index is 1.78. The summed E-state index contributed by atoms with van der Waals surface area (Å²) in [6.45, 7) is 1.93. The molecular weight excluding hydrogens is 202 g/mol. The molecule has 1 aliphatic carbocycles. The average molecular weight is 221 g/mol. The van der Waals surface area contributed by atoms with E-state index >= 15 is 0 Å². The normalized spacial score (nSPS) is 24.4. The Morgan fingerprint density at radius 3 is 2.81 bits per heavy atom. The van der Waals surface area contributed by atoms with Crippen LogP contribution >= 0.6 is 0 Å². The van der Waals surface area contributed by atoms with E-state index in [1.54, 1.807) is 0 Å². The van der Waals surface area contributed by atoms with Crippen molar-refractivity contribution in [2.75, 3.05) is 19.3 Å². The molecule has 1 heterocycles. The van der Waals surface area contributed by atoms with Gasteiger partial charge in [0.15, 0.2) is 0 Å². The Bertz CT molecular complexity index is 333. The average Bonchev–Trinajstić information content (AvgIpc) is 2.19. The predicted octanol–water partition coefficient (Wildman–Crippen LogP) is 0.867. The van der Waals surface area contributed by atoms with Crippen molar-refractivity contribution >= 4 is 5.82 Å². The highest BCUT2D eigenvalue weighted by atomic mass is 16.3. The molecule has 0 atom stereocenters.